The number of carbonyl (C=O) groups excluding carboxylic acids is 1. The van der Waals surface area contributed by atoms with Crippen LogP contribution in [0.15, 0.2) is 59.0 Å². The molecule has 1 heterocycles. The number of oxazole rings is 1. The van der Waals surface area contributed by atoms with Gasteiger partial charge in [0.2, 0.25) is 5.89 Å². The van der Waals surface area contributed by atoms with E-state index in [1.807, 2.05) is 26.0 Å². The Hall–Kier alpha value is -2.93. The number of nitrogens with one attached hydrogen (secondary N) is 2. The van der Waals surface area contributed by atoms with Crippen LogP contribution >= 0.6 is 35.4 Å². The van der Waals surface area contributed by atoms with E-state index in [9.17, 15) is 4.79 Å². The van der Waals surface area contributed by atoms with Crippen LogP contribution in [0.2, 0.25) is 10.0 Å². The molecular formula is C23H17Cl2N3O2S. The van der Waals surface area contributed by atoms with E-state index in [4.69, 9.17) is 39.8 Å². The first-order valence-electron chi connectivity index (χ1n) is 9.36. The van der Waals surface area contributed by atoms with Gasteiger partial charge in [-0.05, 0) is 74.1 Å². The Morgan fingerprint density at radius 1 is 1.03 bits per heavy atom. The zero-order valence-corrected chi connectivity index (χ0v) is 19.0. The molecule has 0 aliphatic carbocycles. The molecule has 4 rings (SSSR count). The molecule has 0 radical (unpaired) electrons. The van der Waals surface area contributed by atoms with Crippen molar-refractivity contribution in [1.82, 2.24) is 10.3 Å². The average molecular weight is 470 g/mol. The number of aryl methyl sites for hydroxylation is 2. The van der Waals surface area contributed by atoms with Crippen molar-refractivity contribution < 1.29 is 9.21 Å². The second kappa shape index (κ2) is 8.67. The van der Waals surface area contributed by atoms with Crippen molar-refractivity contribution in [3.63, 3.8) is 0 Å². The quantitative estimate of drug-likeness (QED) is 0.333. The van der Waals surface area contributed by atoms with E-state index in [2.05, 4.69) is 15.6 Å². The second-order valence-electron chi connectivity index (χ2n) is 7.05. The molecule has 0 saturated carbocycles. The second-order valence-corrected chi connectivity index (χ2v) is 8.30. The topological polar surface area (TPSA) is 67.2 Å². The number of amides is 1. The molecule has 0 bridgehead atoms. The molecular weight excluding hydrogens is 453 g/mol. The van der Waals surface area contributed by atoms with Crippen LogP contribution in [0.3, 0.4) is 0 Å². The van der Waals surface area contributed by atoms with Gasteiger partial charge in [0.15, 0.2) is 10.7 Å². The summed E-state index contributed by atoms with van der Waals surface area (Å²) in [5, 5.41) is 6.91. The van der Waals surface area contributed by atoms with Crippen LogP contribution < -0.4 is 10.6 Å². The van der Waals surface area contributed by atoms with E-state index in [-0.39, 0.29) is 11.0 Å². The monoisotopic (exact) mass is 469 g/mol. The highest BCUT2D eigenvalue weighted by atomic mass is 35.5. The summed E-state index contributed by atoms with van der Waals surface area (Å²) in [4.78, 5) is 17.0. The number of nitrogens with zero attached hydrogens (tertiary/aromatic N) is 1. The number of benzene rings is 3. The normalized spacial score (nSPS) is 10.8. The Labute approximate surface area is 194 Å². The minimum absolute atomic E-state index is 0.169. The zero-order valence-electron chi connectivity index (χ0n) is 16.6. The third-order valence-corrected chi connectivity index (χ3v) is 5.43. The summed E-state index contributed by atoms with van der Waals surface area (Å²) in [6.45, 7) is 3.86. The third-order valence-electron chi connectivity index (χ3n) is 4.66. The Morgan fingerprint density at radius 2 is 1.84 bits per heavy atom. The zero-order chi connectivity index (χ0) is 22.1. The number of hydrogen-bond donors (Lipinski definition) is 2. The summed E-state index contributed by atoms with van der Waals surface area (Å²) in [6.07, 6.45) is 0. The van der Waals surface area contributed by atoms with Crippen molar-refractivity contribution >= 4 is 63.2 Å². The first-order chi connectivity index (χ1) is 14.8. The van der Waals surface area contributed by atoms with Crippen LogP contribution in [0.5, 0.6) is 0 Å². The van der Waals surface area contributed by atoms with Gasteiger partial charge in [0.25, 0.3) is 5.91 Å². The van der Waals surface area contributed by atoms with E-state index < -0.39 is 0 Å². The van der Waals surface area contributed by atoms with Gasteiger partial charge in [-0.1, -0.05) is 40.9 Å². The van der Waals surface area contributed by atoms with E-state index >= 15 is 0 Å². The molecule has 8 heteroatoms. The van der Waals surface area contributed by atoms with E-state index in [0.717, 1.165) is 11.1 Å². The van der Waals surface area contributed by atoms with Crippen LogP contribution in [0.4, 0.5) is 5.69 Å². The maximum absolute atomic E-state index is 12.6. The van der Waals surface area contributed by atoms with Crippen LogP contribution in [0, 0.1) is 13.8 Å². The summed E-state index contributed by atoms with van der Waals surface area (Å²) >= 11 is 17.7. The van der Waals surface area contributed by atoms with Gasteiger partial charge in [0, 0.05) is 16.3 Å². The Morgan fingerprint density at radius 3 is 2.61 bits per heavy atom. The molecule has 0 aliphatic rings. The molecule has 0 saturated heterocycles. The van der Waals surface area contributed by atoms with Crippen LogP contribution in [0.1, 0.15) is 21.5 Å². The Balaban J connectivity index is 1.53. The van der Waals surface area contributed by atoms with Gasteiger partial charge >= 0.3 is 0 Å². The predicted octanol–water partition coefficient (Wildman–Crippen LogP) is 6.55. The molecule has 5 nitrogen and oxygen atoms in total. The lowest BCUT2D eigenvalue weighted by atomic mass is 10.1. The summed E-state index contributed by atoms with van der Waals surface area (Å²) in [6, 6.07) is 16.0. The van der Waals surface area contributed by atoms with Crippen molar-refractivity contribution in [2.24, 2.45) is 0 Å². The minimum atomic E-state index is -0.278. The Kier molecular flexibility index (Phi) is 5.96. The number of anilines is 1. The number of rotatable bonds is 3. The van der Waals surface area contributed by atoms with E-state index in [1.165, 1.54) is 0 Å². The molecule has 1 amide bonds. The highest BCUT2D eigenvalue weighted by Gasteiger charge is 2.15. The lowest BCUT2D eigenvalue weighted by Crippen LogP contribution is -2.34. The highest BCUT2D eigenvalue weighted by Crippen LogP contribution is 2.33. The molecule has 0 unspecified atom stereocenters. The fourth-order valence-electron chi connectivity index (χ4n) is 3.18. The van der Waals surface area contributed by atoms with Crippen LogP contribution in [0.25, 0.3) is 22.6 Å². The highest BCUT2D eigenvalue weighted by molar-refractivity contribution is 7.80. The van der Waals surface area contributed by atoms with Crippen molar-refractivity contribution in [1.29, 1.82) is 0 Å². The summed E-state index contributed by atoms with van der Waals surface area (Å²) < 4.78 is 5.81. The molecule has 3 aromatic carbocycles. The molecule has 0 atom stereocenters. The van der Waals surface area contributed by atoms with Crippen LogP contribution in [-0.4, -0.2) is 16.0 Å². The number of fused-ring (bicyclic) bond motifs is 1. The molecule has 0 aliphatic heterocycles. The standard InChI is InChI=1S/C23H17Cl2N3O2S/c1-12-3-6-16(13(2)9-12)21(29)28-23(31)26-15-5-7-18(25)17(11-15)22-27-19-10-14(24)4-8-20(19)30-22/h3-11H,1-2H3,(H2,26,28,29,31). The van der Waals surface area contributed by atoms with Crippen molar-refractivity contribution in [2.75, 3.05) is 5.32 Å². The van der Waals surface area contributed by atoms with Gasteiger partial charge in [-0.2, -0.15) is 0 Å². The lowest BCUT2D eigenvalue weighted by molar-refractivity contribution is 0.0977. The van der Waals surface area contributed by atoms with Gasteiger partial charge in [-0.3, -0.25) is 10.1 Å². The molecule has 156 valence electrons. The smallest absolute Gasteiger partial charge is 0.257 e. The molecule has 0 fully saturated rings. The first-order valence-corrected chi connectivity index (χ1v) is 10.5. The average Bonchev–Trinajstić information content (AvgIpc) is 3.12. The summed E-state index contributed by atoms with van der Waals surface area (Å²) in [5.41, 5.74) is 4.98. The maximum Gasteiger partial charge on any atom is 0.257 e. The molecule has 4 aromatic rings. The predicted molar refractivity (Wildman–Crippen MR) is 129 cm³/mol. The first kappa shape index (κ1) is 21.3. The number of aromatic nitrogens is 1. The van der Waals surface area contributed by atoms with Gasteiger partial charge in [0.1, 0.15) is 5.52 Å². The summed E-state index contributed by atoms with van der Waals surface area (Å²) in [7, 11) is 0. The number of thiocarbonyl (C=S) groups is 1. The molecule has 31 heavy (non-hydrogen) atoms. The maximum atomic E-state index is 12.6. The fraction of sp³-hybridized carbons (Fsp3) is 0.0870. The largest absolute Gasteiger partial charge is 0.436 e. The minimum Gasteiger partial charge on any atom is -0.436 e. The van der Waals surface area contributed by atoms with E-state index in [1.54, 1.807) is 42.5 Å². The van der Waals surface area contributed by atoms with Gasteiger partial charge < -0.3 is 9.73 Å². The van der Waals surface area contributed by atoms with Crippen LogP contribution in [-0.2, 0) is 0 Å². The lowest BCUT2D eigenvalue weighted by Gasteiger charge is -2.12. The van der Waals surface area contributed by atoms with Crippen molar-refractivity contribution in [2.45, 2.75) is 13.8 Å². The van der Waals surface area contributed by atoms with Gasteiger partial charge in [0.05, 0.1) is 10.6 Å². The molecule has 1 aromatic heterocycles. The number of halogens is 2. The van der Waals surface area contributed by atoms with E-state index in [0.29, 0.717) is 43.9 Å². The Bertz CT molecular complexity index is 1330. The van der Waals surface area contributed by atoms with Crippen molar-refractivity contribution in [3.8, 4) is 11.5 Å². The summed E-state index contributed by atoms with van der Waals surface area (Å²) in [5.74, 6) is 0.0798. The fourth-order valence-corrected chi connectivity index (χ4v) is 3.76. The van der Waals surface area contributed by atoms with Gasteiger partial charge in [-0.25, -0.2) is 4.98 Å². The number of carbonyl (C=O) groups is 1. The molecule has 0 spiro atoms. The van der Waals surface area contributed by atoms with Crippen molar-refractivity contribution in [3.05, 3.63) is 81.3 Å². The number of hydrogen-bond acceptors (Lipinski definition) is 4. The molecule has 2 N–H and O–H groups in total. The van der Waals surface area contributed by atoms with Gasteiger partial charge in [-0.15, -0.1) is 0 Å². The third kappa shape index (κ3) is 4.71. The SMILES string of the molecule is Cc1ccc(C(=O)NC(=S)Nc2ccc(Cl)c(-c3nc4cc(Cl)ccc4o3)c2)c(C)c1.